The van der Waals surface area contributed by atoms with Crippen molar-refractivity contribution in [2.45, 2.75) is 46.0 Å². The highest BCUT2D eigenvalue weighted by Crippen LogP contribution is 2.33. The lowest BCUT2D eigenvalue weighted by atomic mass is 10.0. The Bertz CT molecular complexity index is 570. The second-order valence-electron chi connectivity index (χ2n) is 5.55. The van der Waals surface area contributed by atoms with E-state index in [0.29, 0.717) is 0 Å². The minimum atomic E-state index is 0.926. The van der Waals surface area contributed by atoms with Crippen LogP contribution in [-0.2, 0) is 0 Å². The van der Waals surface area contributed by atoms with E-state index in [2.05, 4.69) is 29.1 Å². The van der Waals surface area contributed by atoms with Gasteiger partial charge in [0, 0.05) is 11.4 Å². The van der Waals surface area contributed by atoms with Crippen LogP contribution in [0, 0.1) is 19.8 Å². The number of nitrogens with zero attached hydrogens (tertiary/aromatic N) is 2. The smallest absolute Gasteiger partial charge is 0.138 e. The van der Waals surface area contributed by atoms with Crippen molar-refractivity contribution in [2.24, 2.45) is 5.92 Å². The number of nitrogens with one attached hydrogen (secondary N) is 1. The fourth-order valence-electron chi connectivity index (χ4n) is 3.01. The third-order valence-electron chi connectivity index (χ3n) is 4.29. The Hall–Kier alpha value is -1.16. The summed E-state index contributed by atoms with van der Waals surface area (Å²) in [5.74, 6) is 1.94. The molecule has 0 aromatic carbocycles. The molecule has 2 aromatic heterocycles. The van der Waals surface area contributed by atoms with Crippen LogP contribution in [0.3, 0.4) is 0 Å². The minimum absolute atomic E-state index is 0.926. The number of anilines is 1. The lowest BCUT2D eigenvalue weighted by Gasteiger charge is -2.11. The summed E-state index contributed by atoms with van der Waals surface area (Å²) in [5, 5.41) is 4.74. The number of hydrogen-bond acceptors (Lipinski definition) is 4. The summed E-state index contributed by atoms with van der Waals surface area (Å²) in [6, 6.07) is 0. The number of aromatic nitrogens is 2. The molecular formula is C15H21N3S. The Morgan fingerprint density at radius 3 is 2.84 bits per heavy atom. The zero-order valence-electron chi connectivity index (χ0n) is 11.7. The lowest BCUT2D eigenvalue weighted by molar-refractivity contribution is 0.518. The summed E-state index contributed by atoms with van der Waals surface area (Å²) in [4.78, 5) is 11.3. The van der Waals surface area contributed by atoms with E-state index >= 15 is 0 Å². The Morgan fingerprint density at radius 2 is 2.05 bits per heavy atom. The largest absolute Gasteiger partial charge is 0.369 e. The summed E-state index contributed by atoms with van der Waals surface area (Å²) in [6.07, 6.45) is 8.62. The number of thiophene rings is 1. The third-order valence-corrected chi connectivity index (χ3v) is 5.40. The first-order chi connectivity index (χ1) is 9.25. The zero-order chi connectivity index (χ0) is 13.2. The molecule has 3 nitrogen and oxygen atoms in total. The van der Waals surface area contributed by atoms with E-state index in [1.54, 1.807) is 17.7 Å². The summed E-state index contributed by atoms with van der Waals surface area (Å²) in [7, 11) is 0. The first-order valence-corrected chi connectivity index (χ1v) is 8.02. The monoisotopic (exact) mass is 275 g/mol. The van der Waals surface area contributed by atoms with E-state index in [9.17, 15) is 0 Å². The SMILES string of the molecule is Cc1sc2ncnc(NCCC3CCCC3)c2c1C. The molecule has 1 aliphatic carbocycles. The Kier molecular flexibility index (Phi) is 3.69. The van der Waals surface area contributed by atoms with Gasteiger partial charge in [0.05, 0.1) is 5.39 Å². The molecule has 1 saturated carbocycles. The molecule has 1 fully saturated rings. The molecule has 0 bridgehead atoms. The molecule has 2 heterocycles. The fourth-order valence-corrected chi connectivity index (χ4v) is 4.01. The molecule has 3 rings (SSSR count). The molecule has 2 aromatic rings. The van der Waals surface area contributed by atoms with Gasteiger partial charge in [0.2, 0.25) is 0 Å². The average Bonchev–Trinajstić information content (AvgIpc) is 3.00. The zero-order valence-corrected chi connectivity index (χ0v) is 12.5. The highest BCUT2D eigenvalue weighted by Gasteiger charge is 2.15. The number of aryl methyl sites for hydroxylation is 2. The normalized spacial score (nSPS) is 16.3. The van der Waals surface area contributed by atoms with Crippen LogP contribution in [0.4, 0.5) is 5.82 Å². The van der Waals surface area contributed by atoms with Crippen LogP contribution < -0.4 is 5.32 Å². The maximum atomic E-state index is 4.43. The van der Waals surface area contributed by atoms with E-state index in [-0.39, 0.29) is 0 Å². The van der Waals surface area contributed by atoms with Gasteiger partial charge in [-0.1, -0.05) is 25.7 Å². The van der Waals surface area contributed by atoms with Crippen LogP contribution in [0.25, 0.3) is 10.2 Å². The molecule has 102 valence electrons. The van der Waals surface area contributed by atoms with Crippen LogP contribution in [0.1, 0.15) is 42.5 Å². The molecule has 0 unspecified atom stereocenters. The quantitative estimate of drug-likeness (QED) is 0.904. The predicted molar refractivity (Wildman–Crippen MR) is 82.0 cm³/mol. The standard InChI is InChI=1S/C15H21N3S/c1-10-11(2)19-15-13(10)14(17-9-18-15)16-8-7-12-5-3-4-6-12/h9,12H,3-8H2,1-2H3,(H,16,17,18). The van der Waals surface area contributed by atoms with Crippen LogP contribution in [0.15, 0.2) is 6.33 Å². The molecule has 0 atom stereocenters. The summed E-state index contributed by atoms with van der Waals surface area (Å²) < 4.78 is 0. The van der Waals surface area contributed by atoms with Gasteiger partial charge < -0.3 is 5.32 Å². The van der Waals surface area contributed by atoms with Gasteiger partial charge in [0.15, 0.2) is 0 Å². The molecule has 19 heavy (non-hydrogen) atoms. The second-order valence-corrected chi connectivity index (χ2v) is 6.75. The minimum Gasteiger partial charge on any atom is -0.369 e. The van der Waals surface area contributed by atoms with E-state index in [4.69, 9.17) is 0 Å². The molecule has 1 aliphatic rings. The Morgan fingerprint density at radius 1 is 1.26 bits per heavy atom. The third kappa shape index (κ3) is 2.59. The van der Waals surface area contributed by atoms with Gasteiger partial charge in [-0.05, 0) is 31.7 Å². The topological polar surface area (TPSA) is 37.8 Å². The lowest BCUT2D eigenvalue weighted by Crippen LogP contribution is -2.08. The van der Waals surface area contributed by atoms with Gasteiger partial charge in [-0.3, -0.25) is 0 Å². The first kappa shape index (κ1) is 12.9. The van der Waals surface area contributed by atoms with Crippen LogP contribution in [0.2, 0.25) is 0 Å². The van der Waals surface area contributed by atoms with Crippen molar-refractivity contribution in [1.82, 2.24) is 9.97 Å². The first-order valence-electron chi connectivity index (χ1n) is 7.20. The van der Waals surface area contributed by atoms with E-state index in [1.165, 1.54) is 47.9 Å². The van der Waals surface area contributed by atoms with Gasteiger partial charge in [-0.2, -0.15) is 0 Å². The molecule has 0 spiro atoms. The molecule has 4 heteroatoms. The van der Waals surface area contributed by atoms with E-state index in [0.717, 1.165) is 23.1 Å². The predicted octanol–water partition coefficient (Wildman–Crippen LogP) is 4.30. The van der Waals surface area contributed by atoms with Crippen molar-refractivity contribution in [2.75, 3.05) is 11.9 Å². The van der Waals surface area contributed by atoms with Gasteiger partial charge in [0.1, 0.15) is 17.0 Å². The van der Waals surface area contributed by atoms with Crippen LogP contribution in [0.5, 0.6) is 0 Å². The maximum absolute atomic E-state index is 4.43. The summed E-state index contributed by atoms with van der Waals surface area (Å²) >= 11 is 1.76. The highest BCUT2D eigenvalue weighted by molar-refractivity contribution is 7.18. The van der Waals surface area contributed by atoms with Gasteiger partial charge >= 0.3 is 0 Å². The summed E-state index contributed by atoms with van der Waals surface area (Å²) in [6.45, 7) is 5.36. The van der Waals surface area contributed by atoms with Crippen molar-refractivity contribution in [3.05, 3.63) is 16.8 Å². The molecular weight excluding hydrogens is 254 g/mol. The summed E-state index contributed by atoms with van der Waals surface area (Å²) in [5.41, 5.74) is 1.32. The average molecular weight is 275 g/mol. The fraction of sp³-hybridized carbons (Fsp3) is 0.600. The van der Waals surface area contributed by atoms with Gasteiger partial charge in [-0.15, -0.1) is 11.3 Å². The van der Waals surface area contributed by atoms with Crippen molar-refractivity contribution < 1.29 is 0 Å². The Labute approximate surface area is 118 Å². The molecule has 0 amide bonds. The van der Waals surface area contributed by atoms with Gasteiger partial charge in [0.25, 0.3) is 0 Å². The number of fused-ring (bicyclic) bond motifs is 1. The van der Waals surface area contributed by atoms with Crippen molar-refractivity contribution in [3.8, 4) is 0 Å². The van der Waals surface area contributed by atoms with Crippen LogP contribution in [-0.4, -0.2) is 16.5 Å². The second kappa shape index (κ2) is 5.45. The van der Waals surface area contributed by atoms with Crippen molar-refractivity contribution in [3.63, 3.8) is 0 Å². The van der Waals surface area contributed by atoms with E-state index < -0.39 is 0 Å². The van der Waals surface area contributed by atoms with Crippen molar-refractivity contribution >= 4 is 27.4 Å². The van der Waals surface area contributed by atoms with Gasteiger partial charge in [-0.25, -0.2) is 9.97 Å². The Balaban J connectivity index is 1.73. The highest BCUT2D eigenvalue weighted by atomic mass is 32.1. The number of hydrogen-bond donors (Lipinski definition) is 1. The van der Waals surface area contributed by atoms with E-state index in [1.807, 2.05) is 0 Å². The molecule has 1 N–H and O–H groups in total. The molecule has 0 radical (unpaired) electrons. The van der Waals surface area contributed by atoms with Crippen molar-refractivity contribution in [1.29, 1.82) is 0 Å². The maximum Gasteiger partial charge on any atom is 0.138 e. The molecule has 0 saturated heterocycles. The van der Waals surface area contributed by atoms with Crippen LogP contribution >= 0.6 is 11.3 Å². The number of rotatable bonds is 4. The molecule has 0 aliphatic heterocycles.